The fourth-order valence-corrected chi connectivity index (χ4v) is 1.78. The molecule has 0 aliphatic rings. The maximum absolute atomic E-state index is 13.2. The summed E-state index contributed by atoms with van der Waals surface area (Å²) in [5.74, 6) is -0.651. The van der Waals surface area contributed by atoms with Crippen LogP contribution in [0.15, 0.2) is 42.5 Å². The summed E-state index contributed by atoms with van der Waals surface area (Å²) in [6.07, 6.45) is 0. The Bertz CT molecular complexity index is 626. The summed E-state index contributed by atoms with van der Waals surface area (Å²) in [6, 6.07) is 10.1. The van der Waals surface area contributed by atoms with Gasteiger partial charge in [0.2, 0.25) is 0 Å². The van der Waals surface area contributed by atoms with Crippen molar-refractivity contribution in [1.29, 1.82) is 0 Å². The number of phenolic OH excluding ortho intramolecular Hbond substituents is 1. The molecule has 5 heteroatoms. The minimum Gasteiger partial charge on any atom is -0.507 e. The molecule has 0 saturated carbocycles. The first-order valence-corrected chi connectivity index (χ1v) is 5.93. The number of aromatic hydroxyl groups is 1. The number of phenols is 1. The molecule has 2 aromatic rings. The lowest BCUT2D eigenvalue weighted by molar-refractivity contribution is 0.0990. The number of ether oxygens (including phenoxy) is 1. The van der Waals surface area contributed by atoms with Crippen LogP contribution in [0.2, 0.25) is 0 Å². The van der Waals surface area contributed by atoms with Crippen LogP contribution in [0.5, 0.6) is 11.5 Å². The van der Waals surface area contributed by atoms with E-state index in [1.165, 1.54) is 4.90 Å². The SMILES string of the molecule is COc1ccc(N(C)C(=O)c2cc(F)ccc2O)cc1. The molecule has 0 spiro atoms. The van der Waals surface area contributed by atoms with Gasteiger partial charge < -0.3 is 14.7 Å². The lowest BCUT2D eigenvalue weighted by Crippen LogP contribution is -2.26. The summed E-state index contributed by atoms with van der Waals surface area (Å²) in [7, 11) is 3.10. The van der Waals surface area contributed by atoms with Gasteiger partial charge in [-0.25, -0.2) is 4.39 Å². The molecule has 0 unspecified atom stereocenters. The molecule has 0 heterocycles. The van der Waals surface area contributed by atoms with Crippen LogP contribution in [-0.2, 0) is 0 Å². The zero-order valence-electron chi connectivity index (χ0n) is 11.1. The Kier molecular flexibility index (Phi) is 3.89. The second kappa shape index (κ2) is 5.61. The molecule has 0 aromatic heterocycles. The number of halogens is 1. The minimum atomic E-state index is -0.575. The average molecular weight is 275 g/mol. The molecule has 2 rings (SSSR count). The summed E-state index contributed by atoms with van der Waals surface area (Å²) < 4.78 is 18.2. The third kappa shape index (κ3) is 2.71. The van der Waals surface area contributed by atoms with Gasteiger partial charge in [-0.3, -0.25) is 4.79 Å². The van der Waals surface area contributed by atoms with Gasteiger partial charge >= 0.3 is 0 Å². The molecule has 0 aliphatic carbocycles. The third-order valence-electron chi connectivity index (χ3n) is 2.95. The van der Waals surface area contributed by atoms with E-state index < -0.39 is 11.7 Å². The highest BCUT2D eigenvalue weighted by atomic mass is 19.1. The van der Waals surface area contributed by atoms with Gasteiger partial charge in [0, 0.05) is 12.7 Å². The summed E-state index contributed by atoms with van der Waals surface area (Å²) in [5.41, 5.74) is 0.530. The molecule has 2 aromatic carbocycles. The quantitative estimate of drug-likeness (QED) is 0.937. The second-order valence-electron chi connectivity index (χ2n) is 4.22. The Morgan fingerprint density at radius 3 is 2.45 bits per heavy atom. The van der Waals surface area contributed by atoms with E-state index in [1.54, 1.807) is 38.4 Å². The molecule has 4 nitrogen and oxygen atoms in total. The Labute approximate surface area is 116 Å². The van der Waals surface area contributed by atoms with Crippen molar-refractivity contribution in [2.45, 2.75) is 0 Å². The normalized spacial score (nSPS) is 10.2. The number of methoxy groups -OCH3 is 1. The molecular formula is C15H14FNO3. The number of amides is 1. The monoisotopic (exact) mass is 275 g/mol. The average Bonchev–Trinajstić information content (AvgIpc) is 2.48. The van der Waals surface area contributed by atoms with Crippen LogP contribution in [0.4, 0.5) is 10.1 Å². The summed E-state index contributed by atoms with van der Waals surface area (Å²) in [6.45, 7) is 0. The van der Waals surface area contributed by atoms with E-state index in [2.05, 4.69) is 0 Å². The van der Waals surface area contributed by atoms with Gasteiger partial charge in [0.15, 0.2) is 0 Å². The molecule has 20 heavy (non-hydrogen) atoms. The number of benzene rings is 2. The van der Waals surface area contributed by atoms with Gasteiger partial charge in [-0.15, -0.1) is 0 Å². The van der Waals surface area contributed by atoms with Crippen LogP contribution in [0.3, 0.4) is 0 Å². The van der Waals surface area contributed by atoms with Crippen molar-refractivity contribution in [1.82, 2.24) is 0 Å². The van der Waals surface area contributed by atoms with Gasteiger partial charge in [-0.2, -0.15) is 0 Å². The maximum Gasteiger partial charge on any atom is 0.261 e. The zero-order valence-corrected chi connectivity index (χ0v) is 11.1. The van der Waals surface area contributed by atoms with E-state index in [9.17, 15) is 14.3 Å². The zero-order chi connectivity index (χ0) is 14.7. The predicted molar refractivity (Wildman–Crippen MR) is 73.8 cm³/mol. The maximum atomic E-state index is 13.2. The molecule has 0 radical (unpaired) electrons. The number of carbonyl (C=O) groups is 1. The molecule has 104 valence electrons. The Morgan fingerprint density at radius 1 is 1.20 bits per heavy atom. The summed E-state index contributed by atoms with van der Waals surface area (Å²) in [4.78, 5) is 13.6. The second-order valence-corrected chi connectivity index (χ2v) is 4.22. The Hall–Kier alpha value is -2.56. The van der Waals surface area contributed by atoms with Crippen molar-refractivity contribution < 1.29 is 19.0 Å². The molecule has 0 fully saturated rings. The van der Waals surface area contributed by atoms with Gasteiger partial charge in [0.25, 0.3) is 5.91 Å². The molecule has 0 atom stereocenters. The van der Waals surface area contributed by atoms with Crippen LogP contribution in [0.1, 0.15) is 10.4 Å². The number of anilines is 1. The Morgan fingerprint density at radius 2 is 1.85 bits per heavy atom. The molecule has 0 bridgehead atoms. The smallest absolute Gasteiger partial charge is 0.261 e. The first kappa shape index (κ1) is 13.9. The standard InChI is InChI=1S/C15H14FNO3/c1-17(11-4-6-12(20-2)7-5-11)15(19)13-9-10(16)3-8-14(13)18/h3-9,18H,1-2H3. The topological polar surface area (TPSA) is 49.8 Å². The van der Waals surface area contributed by atoms with E-state index in [4.69, 9.17) is 4.74 Å². The highest BCUT2D eigenvalue weighted by molar-refractivity contribution is 6.07. The first-order valence-electron chi connectivity index (χ1n) is 5.93. The van der Waals surface area contributed by atoms with Crippen molar-refractivity contribution >= 4 is 11.6 Å². The highest BCUT2D eigenvalue weighted by Crippen LogP contribution is 2.24. The van der Waals surface area contributed by atoms with Crippen LogP contribution in [-0.4, -0.2) is 25.2 Å². The predicted octanol–water partition coefficient (Wildman–Crippen LogP) is 2.82. The van der Waals surface area contributed by atoms with Crippen molar-refractivity contribution in [2.24, 2.45) is 0 Å². The van der Waals surface area contributed by atoms with Gasteiger partial charge in [-0.05, 0) is 42.5 Å². The van der Waals surface area contributed by atoms with Gasteiger partial charge in [-0.1, -0.05) is 0 Å². The van der Waals surface area contributed by atoms with Crippen LogP contribution >= 0.6 is 0 Å². The van der Waals surface area contributed by atoms with Crippen molar-refractivity contribution in [3.8, 4) is 11.5 Å². The lowest BCUT2D eigenvalue weighted by Gasteiger charge is -2.18. The van der Waals surface area contributed by atoms with Crippen LogP contribution in [0.25, 0.3) is 0 Å². The summed E-state index contributed by atoms with van der Waals surface area (Å²) in [5, 5.41) is 9.65. The molecule has 1 amide bonds. The third-order valence-corrected chi connectivity index (χ3v) is 2.95. The Balaban J connectivity index is 2.29. The van der Waals surface area contributed by atoms with Crippen LogP contribution < -0.4 is 9.64 Å². The van der Waals surface area contributed by atoms with E-state index in [0.29, 0.717) is 11.4 Å². The first-order chi connectivity index (χ1) is 9.52. The van der Waals surface area contributed by atoms with E-state index in [0.717, 1.165) is 18.2 Å². The van der Waals surface area contributed by atoms with E-state index in [-0.39, 0.29) is 11.3 Å². The van der Waals surface area contributed by atoms with E-state index >= 15 is 0 Å². The molecular weight excluding hydrogens is 261 g/mol. The molecule has 1 N–H and O–H groups in total. The van der Waals surface area contributed by atoms with Crippen molar-refractivity contribution in [3.63, 3.8) is 0 Å². The number of hydrogen-bond donors (Lipinski definition) is 1. The fourth-order valence-electron chi connectivity index (χ4n) is 1.78. The van der Waals surface area contributed by atoms with E-state index in [1.807, 2.05) is 0 Å². The lowest BCUT2D eigenvalue weighted by atomic mass is 10.1. The van der Waals surface area contributed by atoms with Crippen LogP contribution in [0, 0.1) is 5.82 Å². The number of nitrogens with zero attached hydrogens (tertiary/aromatic N) is 1. The van der Waals surface area contributed by atoms with Gasteiger partial charge in [0.1, 0.15) is 17.3 Å². The number of rotatable bonds is 3. The molecule has 0 saturated heterocycles. The molecule has 0 aliphatic heterocycles. The number of carbonyl (C=O) groups excluding carboxylic acids is 1. The fraction of sp³-hybridized carbons (Fsp3) is 0.133. The highest BCUT2D eigenvalue weighted by Gasteiger charge is 2.18. The number of hydrogen-bond acceptors (Lipinski definition) is 3. The van der Waals surface area contributed by atoms with Crippen molar-refractivity contribution in [3.05, 3.63) is 53.8 Å². The van der Waals surface area contributed by atoms with Crippen molar-refractivity contribution in [2.75, 3.05) is 19.1 Å². The summed E-state index contributed by atoms with van der Waals surface area (Å²) >= 11 is 0. The largest absolute Gasteiger partial charge is 0.507 e. The minimum absolute atomic E-state index is 0.0803. The van der Waals surface area contributed by atoms with Gasteiger partial charge in [0.05, 0.1) is 12.7 Å².